The second kappa shape index (κ2) is 20.6. The van der Waals surface area contributed by atoms with Gasteiger partial charge in [-0.05, 0) is 80.8 Å². The summed E-state index contributed by atoms with van der Waals surface area (Å²) in [5.41, 5.74) is 2.03. The Kier molecular flexibility index (Phi) is 14.7. The quantitative estimate of drug-likeness (QED) is 0.0362. The summed E-state index contributed by atoms with van der Waals surface area (Å²) >= 11 is 0. The molecule has 6 aromatic rings. The predicted octanol–water partition coefficient (Wildman–Crippen LogP) is 9.01. The molecule has 7 rings (SSSR count). The summed E-state index contributed by atoms with van der Waals surface area (Å²) in [7, 11) is 1.28. The average Bonchev–Trinajstić information content (AvgIpc) is 3.87. The van der Waals surface area contributed by atoms with Crippen molar-refractivity contribution in [2.75, 3.05) is 39.3 Å². The number of nitrogens with zero attached hydrogens (tertiary/aromatic N) is 6. The van der Waals surface area contributed by atoms with Crippen LogP contribution in [0.1, 0.15) is 61.0 Å². The van der Waals surface area contributed by atoms with Crippen molar-refractivity contribution in [3.05, 3.63) is 156 Å². The lowest BCUT2D eigenvalue weighted by Crippen LogP contribution is -2.39. The van der Waals surface area contributed by atoms with Crippen LogP contribution in [-0.4, -0.2) is 94.5 Å². The molecule has 1 aliphatic heterocycles. The first-order valence-electron chi connectivity index (χ1n) is 20.6. The largest absolute Gasteiger partial charge is 0.497 e. The molecule has 1 N–H and O–H groups in total. The number of aromatic nitrogens is 4. The number of anilines is 1. The number of alkyl halides is 1. The molecule has 1 fully saturated rings. The molecule has 0 bridgehead atoms. The van der Waals surface area contributed by atoms with E-state index in [0.717, 1.165) is 16.7 Å². The molecule has 328 valence electrons. The van der Waals surface area contributed by atoms with E-state index < -0.39 is 38.7 Å². The standard InChI is InChI=1S/C47H51FN7O7P/c1-31(2)55(32(3)4)63(60-27-26-49-5)62-42-40(48)39(61-46(42)54-30-52-41-43(50-29-51-44(41)54)53-45(56)33-14-10-8-11-15-33)28-59-47(34-16-12-9-13-17-34,35-18-22-37(57-6)23-19-35)36-20-24-38(58-7)25-21-36/h8-25,29-32,39-40,42,46H,26-28H2,1-4,6-7H3,(H,50,51,53,56)/t39-,40-,42-,46-,63?/m1/s1. The summed E-state index contributed by atoms with van der Waals surface area (Å²) in [6.45, 7) is 15.4. The number of ether oxygens (including phenoxy) is 4. The minimum atomic E-state index is -1.93. The first kappa shape index (κ1) is 45.2. The van der Waals surface area contributed by atoms with Gasteiger partial charge in [-0.3, -0.25) is 9.36 Å². The van der Waals surface area contributed by atoms with Crippen LogP contribution in [0.5, 0.6) is 11.5 Å². The highest BCUT2D eigenvalue weighted by Crippen LogP contribution is 2.52. The fourth-order valence-corrected chi connectivity index (χ4v) is 9.46. The van der Waals surface area contributed by atoms with Gasteiger partial charge < -0.3 is 38.2 Å². The lowest BCUT2D eigenvalue weighted by Gasteiger charge is -2.37. The first-order chi connectivity index (χ1) is 30.6. The number of halogens is 1. The van der Waals surface area contributed by atoms with Gasteiger partial charge in [0.2, 0.25) is 6.54 Å². The van der Waals surface area contributed by atoms with Crippen molar-refractivity contribution in [1.82, 2.24) is 24.2 Å². The Hall–Kier alpha value is -5.85. The van der Waals surface area contributed by atoms with Crippen LogP contribution in [0.3, 0.4) is 0 Å². The smallest absolute Gasteiger partial charge is 0.260 e. The maximum Gasteiger partial charge on any atom is 0.260 e. The van der Waals surface area contributed by atoms with Crippen molar-refractivity contribution in [3.8, 4) is 11.5 Å². The number of fused-ring (bicyclic) bond motifs is 1. The number of carbonyl (C=O) groups is 1. The van der Waals surface area contributed by atoms with E-state index in [2.05, 4.69) is 25.1 Å². The fourth-order valence-electron chi connectivity index (χ4n) is 7.74. The summed E-state index contributed by atoms with van der Waals surface area (Å²) in [6.07, 6.45) is -2.61. The number of carbonyl (C=O) groups excluding carboxylic acids is 1. The van der Waals surface area contributed by atoms with Crippen molar-refractivity contribution in [2.24, 2.45) is 0 Å². The summed E-state index contributed by atoms with van der Waals surface area (Å²) in [5, 5.41) is 2.84. The van der Waals surface area contributed by atoms with Crippen molar-refractivity contribution >= 4 is 31.4 Å². The molecule has 0 aliphatic carbocycles. The van der Waals surface area contributed by atoms with Crippen molar-refractivity contribution < 1.29 is 37.2 Å². The topological polar surface area (TPSA) is 136 Å². The van der Waals surface area contributed by atoms with Gasteiger partial charge >= 0.3 is 0 Å². The van der Waals surface area contributed by atoms with E-state index in [9.17, 15) is 4.79 Å². The number of hydrogen-bond donors (Lipinski definition) is 1. The van der Waals surface area contributed by atoms with E-state index in [1.807, 2.05) is 117 Å². The SMILES string of the molecule is [C-]#[N+]CCOP(O[C@@H]1[C@H](F)[C@@H](COC(c2ccccc2)(c2ccc(OC)cc2)c2ccc(OC)cc2)O[C@H]1n1cnc2c(NC(=O)c3ccccc3)ncnc21)N(C(C)C)C(C)C. The maximum absolute atomic E-state index is 17.7. The minimum absolute atomic E-state index is 0.0555. The van der Waals surface area contributed by atoms with Gasteiger partial charge in [0.25, 0.3) is 14.4 Å². The highest BCUT2D eigenvalue weighted by atomic mass is 31.2. The third kappa shape index (κ3) is 9.72. The van der Waals surface area contributed by atoms with Crippen LogP contribution in [0.15, 0.2) is 122 Å². The Bertz CT molecular complexity index is 2400. The van der Waals surface area contributed by atoms with Crippen LogP contribution in [-0.2, 0) is 24.1 Å². The molecule has 1 aliphatic rings. The van der Waals surface area contributed by atoms with E-state index in [1.54, 1.807) is 43.1 Å². The van der Waals surface area contributed by atoms with E-state index >= 15 is 4.39 Å². The number of benzene rings is 4. The fraction of sp³-hybridized carbons (Fsp3) is 0.340. The Morgan fingerprint density at radius 3 is 2.03 bits per heavy atom. The van der Waals surface area contributed by atoms with Gasteiger partial charge in [0.15, 0.2) is 29.4 Å². The van der Waals surface area contributed by atoms with E-state index in [-0.39, 0.29) is 54.7 Å². The predicted molar refractivity (Wildman–Crippen MR) is 238 cm³/mol. The third-order valence-corrected chi connectivity index (χ3v) is 12.8. The molecule has 1 amide bonds. The lowest BCUT2D eigenvalue weighted by molar-refractivity contribution is -0.0887. The minimum Gasteiger partial charge on any atom is -0.497 e. The Morgan fingerprint density at radius 2 is 1.46 bits per heavy atom. The van der Waals surface area contributed by atoms with Crippen molar-refractivity contribution in [2.45, 2.75) is 70.0 Å². The van der Waals surface area contributed by atoms with E-state index in [1.165, 1.54) is 12.7 Å². The van der Waals surface area contributed by atoms with Gasteiger partial charge in [0.1, 0.15) is 42.2 Å². The van der Waals surface area contributed by atoms with Crippen LogP contribution in [0.25, 0.3) is 16.0 Å². The van der Waals surface area contributed by atoms with Crippen molar-refractivity contribution in [1.29, 1.82) is 0 Å². The van der Waals surface area contributed by atoms with Crippen LogP contribution >= 0.6 is 8.53 Å². The highest BCUT2D eigenvalue weighted by molar-refractivity contribution is 7.44. The summed E-state index contributed by atoms with van der Waals surface area (Å²) in [4.78, 5) is 30.2. The third-order valence-electron chi connectivity index (χ3n) is 10.7. The number of amides is 1. The zero-order chi connectivity index (χ0) is 44.5. The Morgan fingerprint density at radius 1 is 0.873 bits per heavy atom. The van der Waals surface area contributed by atoms with E-state index in [4.69, 9.17) is 34.6 Å². The molecule has 2 aromatic heterocycles. The maximum atomic E-state index is 17.7. The molecule has 1 saturated heterocycles. The van der Waals surface area contributed by atoms with Gasteiger partial charge in [0, 0.05) is 17.6 Å². The summed E-state index contributed by atoms with van der Waals surface area (Å²) < 4.78 is 59.3. The second-order valence-electron chi connectivity index (χ2n) is 15.3. The monoisotopic (exact) mass is 875 g/mol. The summed E-state index contributed by atoms with van der Waals surface area (Å²) in [6, 6.07) is 33.5. The lowest BCUT2D eigenvalue weighted by atomic mass is 9.80. The summed E-state index contributed by atoms with van der Waals surface area (Å²) in [5.74, 6) is 1.10. The molecule has 1 unspecified atom stereocenters. The molecular weight excluding hydrogens is 825 g/mol. The Balaban J connectivity index is 1.30. The number of rotatable bonds is 19. The molecule has 4 aromatic carbocycles. The van der Waals surface area contributed by atoms with Crippen molar-refractivity contribution in [3.63, 3.8) is 0 Å². The number of methoxy groups -OCH3 is 2. The zero-order valence-corrected chi connectivity index (χ0v) is 36.9. The van der Waals surface area contributed by atoms with Gasteiger partial charge in [-0.2, -0.15) is 0 Å². The molecule has 16 heteroatoms. The number of hydrogen-bond acceptors (Lipinski definition) is 11. The van der Waals surface area contributed by atoms with Gasteiger partial charge in [0.05, 0.1) is 27.2 Å². The molecule has 0 saturated carbocycles. The molecule has 14 nitrogen and oxygen atoms in total. The van der Waals surface area contributed by atoms with Gasteiger partial charge in [-0.15, -0.1) is 0 Å². The van der Waals surface area contributed by atoms with Gasteiger partial charge in [-0.1, -0.05) is 72.8 Å². The number of nitrogens with one attached hydrogen (secondary N) is 1. The molecule has 63 heavy (non-hydrogen) atoms. The number of imidazole rings is 1. The average molecular weight is 876 g/mol. The molecule has 0 radical (unpaired) electrons. The van der Waals surface area contributed by atoms with Gasteiger partial charge in [-0.25, -0.2) is 30.6 Å². The molecule has 5 atom stereocenters. The van der Waals surface area contributed by atoms with Crippen LogP contribution < -0.4 is 14.8 Å². The molecule has 0 spiro atoms. The van der Waals surface area contributed by atoms with E-state index in [0.29, 0.717) is 17.1 Å². The normalized spacial score (nSPS) is 18.2. The second-order valence-corrected chi connectivity index (χ2v) is 16.7. The highest BCUT2D eigenvalue weighted by Gasteiger charge is 2.51. The molecular formula is C47H51FN7O7P. The molecule has 3 heterocycles. The van der Waals surface area contributed by atoms with Crippen LogP contribution in [0, 0.1) is 6.57 Å². The Labute approximate surface area is 368 Å². The van der Waals surface area contributed by atoms with Crippen LogP contribution in [0.2, 0.25) is 0 Å². The first-order valence-corrected chi connectivity index (χ1v) is 21.8. The van der Waals surface area contributed by atoms with Crippen LogP contribution in [0.4, 0.5) is 10.2 Å². The zero-order valence-electron chi connectivity index (χ0n) is 36.0.